The van der Waals surface area contributed by atoms with Crippen LogP contribution in [0.25, 0.3) is 0 Å². The number of rotatable bonds is 9. The third-order valence-corrected chi connectivity index (χ3v) is 7.58. The molecule has 0 aliphatic heterocycles. The average Bonchev–Trinajstić information content (AvgIpc) is 2.77. The van der Waals surface area contributed by atoms with Crippen LogP contribution >= 0.6 is 0 Å². The second-order valence-corrected chi connectivity index (χ2v) is 8.66. The van der Waals surface area contributed by atoms with E-state index in [1.807, 2.05) is 6.08 Å². The highest BCUT2D eigenvalue weighted by Gasteiger charge is 2.78. The zero-order chi connectivity index (χ0) is 17.4. The van der Waals surface area contributed by atoms with Crippen molar-refractivity contribution in [1.29, 1.82) is 0 Å². The van der Waals surface area contributed by atoms with Crippen LogP contribution in [0.5, 0.6) is 0 Å². The third-order valence-electron chi connectivity index (χ3n) is 7.58. The van der Waals surface area contributed by atoms with Gasteiger partial charge in [-0.05, 0) is 49.9 Å². The molecule has 132 valence electrons. The predicted molar refractivity (Wildman–Crippen MR) is 97.2 cm³/mol. The topological polar surface area (TPSA) is 40.5 Å². The first-order valence-corrected chi connectivity index (χ1v) is 9.38. The molecule has 0 saturated heterocycles. The number of hydrogen-bond acceptors (Lipinski definition) is 2. The fraction of sp³-hybridized carbons (Fsp3) is 0.810. The molecular formula is C21H36O2. The summed E-state index contributed by atoms with van der Waals surface area (Å²) in [6.07, 6.45) is 12.5. The number of fused-ring (bicyclic) bond motifs is 2. The van der Waals surface area contributed by atoms with Crippen LogP contribution in [0.15, 0.2) is 25.3 Å². The van der Waals surface area contributed by atoms with Crippen LogP contribution in [0.3, 0.4) is 0 Å². The minimum Gasteiger partial charge on any atom is -0.386 e. The first kappa shape index (κ1) is 18.7. The molecule has 2 bridgehead atoms. The molecule has 0 aromatic rings. The van der Waals surface area contributed by atoms with Gasteiger partial charge in [-0.1, -0.05) is 52.2 Å². The molecule has 2 aliphatic rings. The Morgan fingerprint density at radius 1 is 1.00 bits per heavy atom. The predicted octanol–water partition coefficient (Wildman–Crippen LogP) is 5.01. The SMILES string of the molecule is C=CCCCCCCC1(O)C(O)(CC=C)C2CCC1(C)C2(C)C. The van der Waals surface area contributed by atoms with E-state index in [2.05, 4.69) is 33.9 Å². The van der Waals surface area contributed by atoms with Crippen LogP contribution in [0, 0.1) is 16.7 Å². The lowest BCUT2D eigenvalue weighted by molar-refractivity contribution is -0.209. The molecule has 2 heteroatoms. The Morgan fingerprint density at radius 3 is 2.26 bits per heavy atom. The summed E-state index contributed by atoms with van der Waals surface area (Å²) in [5.41, 5.74) is -2.28. The fourth-order valence-corrected chi connectivity index (χ4v) is 5.89. The van der Waals surface area contributed by atoms with E-state index in [1.165, 1.54) is 12.8 Å². The standard InChI is InChI=1S/C21H36O2/c1-6-8-9-10-11-12-15-21(23)19(5)16-13-17(18(19,3)4)20(21,22)14-7-2/h6-7,17,22-23H,1-2,8-16H2,3-5H3. The van der Waals surface area contributed by atoms with E-state index in [-0.39, 0.29) is 16.7 Å². The monoisotopic (exact) mass is 320 g/mol. The summed E-state index contributed by atoms with van der Waals surface area (Å²) in [7, 11) is 0. The number of hydrogen-bond donors (Lipinski definition) is 2. The van der Waals surface area contributed by atoms with Gasteiger partial charge < -0.3 is 10.2 Å². The molecule has 0 aromatic heterocycles. The van der Waals surface area contributed by atoms with E-state index in [1.54, 1.807) is 6.08 Å². The van der Waals surface area contributed by atoms with E-state index in [4.69, 9.17) is 0 Å². The highest BCUT2D eigenvalue weighted by atomic mass is 16.4. The lowest BCUT2D eigenvalue weighted by Crippen LogP contribution is -2.61. The number of aliphatic hydroxyl groups is 2. The molecule has 23 heavy (non-hydrogen) atoms. The molecule has 2 fully saturated rings. The molecular weight excluding hydrogens is 284 g/mol. The molecule has 0 radical (unpaired) electrons. The molecule has 2 rings (SSSR count). The lowest BCUT2D eigenvalue weighted by Gasteiger charge is -2.51. The number of allylic oxidation sites excluding steroid dienone is 1. The Morgan fingerprint density at radius 2 is 1.65 bits per heavy atom. The van der Waals surface area contributed by atoms with Crippen LogP contribution in [0.1, 0.15) is 78.6 Å². The molecule has 4 atom stereocenters. The Kier molecular flexibility index (Phi) is 5.19. The van der Waals surface area contributed by atoms with Gasteiger partial charge >= 0.3 is 0 Å². The minimum atomic E-state index is -1.02. The molecule has 4 unspecified atom stereocenters. The maximum atomic E-state index is 11.7. The zero-order valence-electron chi connectivity index (χ0n) is 15.4. The summed E-state index contributed by atoms with van der Waals surface area (Å²) >= 11 is 0. The van der Waals surface area contributed by atoms with E-state index in [0.29, 0.717) is 12.8 Å². The van der Waals surface area contributed by atoms with Crippen molar-refractivity contribution in [3.8, 4) is 0 Å². The molecule has 0 amide bonds. The first-order chi connectivity index (χ1) is 10.7. The van der Waals surface area contributed by atoms with E-state index in [0.717, 1.165) is 32.1 Å². The van der Waals surface area contributed by atoms with Crippen molar-refractivity contribution in [2.45, 2.75) is 89.8 Å². The summed E-state index contributed by atoms with van der Waals surface area (Å²) in [5, 5.41) is 23.2. The van der Waals surface area contributed by atoms with Gasteiger partial charge in [0, 0.05) is 5.41 Å². The summed E-state index contributed by atoms with van der Waals surface area (Å²) in [4.78, 5) is 0. The summed E-state index contributed by atoms with van der Waals surface area (Å²) < 4.78 is 0. The van der Waals surface area contributed by atoms with E-state index >= 15 is 0 Å². The van der Waals surface area contributed by atoms with Gasteiger partial charge in [0.1, 0.15) is 5.60 Å². The van der Waals surface area contributed by atoms with Gasteiger partial charge in [-0.3, -0.25) is 0 Å². The van der Waals surface area contributed by atoms with Gasteiger partial charge in [-0.15, -0.1) is 13.2 Å². The molecule has 0 heterocycles. The maximum Gasteiger partial charge on any atom is 0.101 e. The second-order valence-electron chi connectivity index (χ2n) is 8.66. The maximum absolute atomic E-state index is 11.7. The van der Waals surface area contributed by atoms with Gasteiger partial charge in [0.25, 0.3) is 0 Å². The van der Waals surface area contributed by atoms with Crippen molar-refractivity contribution in [2.24, 2.45) is 16.7 Å². The highest BCUT2D eigenvalue weighted by Crippen LogP contribution is 2.74. The summed E-state index contributed by atoms with van der Waals surface area (Å²) in [6, 6.07) is 0. The smallest absolute Gasteiger partial charge is 0.101 e. The van der Waals surface area contributed by atoms with E-state index < -0.39 is 11.2 Å². The van der Waals surface area contributed by atoms with Crippen LogP contribution in [0.2, 0.25) is 0 Å². The van der Waals surface area contributed by atoms with Crippen molar-refractivity contribution in [3.63, 3.8) is 0 Å². The van der Waals surface area contributed by atoms with Crippen LogP contribution in [0.4, 0.5) is 0 Å². The van der Waals surface area contributed by atoms with E-state index in [9.17, 15) is 10.2 Å². The zero-order valence-corrected chi connectivity index (χ0v) is 15.4. The Labute approximate surface area is 142 Å². The van der Waals surface area contributed by atoms with Crippen molar-refractivity contribution in [1.82, 2.24) is 0 Å². The normalized spacial score (nSPS) is 41.2. The van der Waals surface area contributed by atoms with Crippen LogP contribution < -0.4 is 0 Å². The Balaban J connectivity index is 2.16. The molecule has 2 nitrogen and oxygen atoms in total. The minimum absolute atomic E-state index is 0.0393. The van der Waals surface area contributed by atoms with Gasteiger partial charge in [-0.25, -0.2) is 0 Å². The van der Waals surface area contributed by atoms with Crippen LogP contribution in [-0.2, 0) is 0 Å². The number of unbranched alkanes of at least 4 members (excludes halogenated alkanes) is 4. The summed E-state index contributed by atoms with van der Waals surface area (Å²) in [5.74, 6) is 0.156. The fourth-order valence-electron chi connectivity index (χ4n) is 5.89. The third kappa shape index (κ3) is 2.44. The van der Waals surface area contributed by atoms with Crippen molar-refractivity contribution in [2.75, 3.05) is 0 Å². The summed E-state index contributed by atoms with van der Waals surface area (Å²) in [6.45, 7) is 14.3. The van der Waals surface area contributed by atoms with Gasteiger partial charge in [-0.2, -0.15) is 0 Å². The quantitative estimate of drug-likeness (QED) is 0.463. The van der Waals surface area contributed by atoms with Crippen molar-refractivity contribution in [3.05, 3.63) is 25.3 Å². The van der Waals surface area contributed by atoms with Crippen LogP contribution in [-0.4, -0.2) is 21.4 Å². The average molecular weight is 321 g/mol. The Hall–Kier alpha value is -0.600. The van der Waals surface area contributed by atoms with Crippen molar-refractivity contribution >= 4 is 0 Å². The highest BCUT2D eigenvalue weighted by molar-refractivity contribution is 5.29. The first-order valence-electron chi connectivity index (χ1n) is 9.38. The Bertz CT molecular complexity index is 455. The molecule has 2 saturated carbocycles. The molecule has 2 aliphatic carbocycles. The molecule has 0 aromatic carbocycles. The second kappa shape index (κ2) is 6.37. The lowest BCUT2D eigenvalue weighted by atomic mass is 9.60. The van der Waals surface area contributed by atoms with Crippen molar-refractivity contribution < 1.29 is 10.2 Å². The largest absolute Gasteiger partial charge is 0.386 e. The van der Waals surface area contributed by atoms with Gasteiger partial charge in [0.15, 0.2) is 0 Å². The van der Waals surface area contributed by atoms with Gasteiger partial charge in [0.05, 0.1) is 5.60 Å². The van der Waals surface area contributed by atoms with Gasteiger partial charge in [0.2, 0.25) is 0 Å². The molecule has 0 spiro atoms. The molecule has 2 N–H and O–H groups in total.